The molecule has 2 aromatic heterocycles. The summed E-state index contributed by atoms with van der Waals surface area (Å²) >= 11 is 1.39. The van der Waals surface area contributed by atoms with Crippen molar-refractivity contribution >= 4 is 17.5 Å². The van der Waals surface area contributed by atoms with Crippen molar-refractivity contribution in [3.8, 4) is 5.75 Å². The Morgan fingerprint density at radius 2 is 1.96 bits per heavy atom. The molecule has 0 saturated carbocycles. The predicted octanol–water partition coefficient (Wildman–Crippen LogP) is 3.97. The fraction of sp³-hybridized carbons (Fsp3) is 0.312. The highest BCUT2D eigenvalue weighted by Gasteiger charge is 2.28. The first kappa shape index (κ1) is 17.5. The molecule has 5 nitrogen and oxygen atoms in total. The van der Waals surface area contributed by atoms with E-state index in [9.17, 15) is 13.2 Å². The lowest BCUT2D eigenvalue weighted by Gasteiger charge is -2.09. The Hall–Kier alpha value is -2.29. The van der Waals surface area contributed by atoms with Gasteiger partial charge in [0.1, 0.15) is 5.75 Å². The minimum Gasteiger partial charge on any atom is -0.484 e. The van der Waals surface area contributed by atoms with E-state index < -0.39 is 12.8 Å². The van der Waals surface area contributed by atoms with Gasteiger partial charge in [-0.3, -0.25) is 0 Å². The molecule has 132 valence electrons. The molecule has 0 fully saturated rings. The van der Waals surface area contributed by atoms with Gasteiger partial charge in [-0.2, -0.15) is 18.2 Å². The van der Waals surface area contributed by atoms with Crippen LogP contribution in [-0.4, -0.2) is 32.4 Å². The highest BCUT2D eigenvalue weighted by Crippen LogP contribution is 2.24. The highest BCUT2D eigenvalue weighted by molar-refractivity contribution is 7.98. The van der Waals surface area contributed by atoms with Crippen LogP contribution in [0, 0.1) is 13.8 Å². The number of thioether (sulfide) groups is 1. The van der Waals surface area contributed by atoms with Crippen molar-refractivity contribution in [2.75, 3.05) is 6.61 Å². The quantitative estimate of drug-likeness (QED) is 0.638. The SMILES string of the molecule is Cc1cc(C)n2nc(SCc3cccc(OCC(F)(F)F)c3)nc2n1. The summed E-state index contributed by atoms with van der Waals surface area (Å²) in [7, 11) is 0. The largest absolute Gasteiger partial charge is 0.484 e. The Kier molecular flexibility index (Phi) is 4.85. The summed E-state index contributed by atoms with van der Waals surface area (Å²) in [4.78, 5) is 8.69. The van der Waals surface area contributed by atoms with Crippen LogP contribution in [0.2, 0.25) is 0 Å². The molecule has 0 radical (unpaired) electrons. The summed E-state index contributed by atoms with van der Waals surface area (Å²) in [5, 5.41) is 4.94. The van der Waals surface area contributed by atoms with Gasteiger partial charge >= 0.3 is 6.18 Å². The molecule has 2 heterocycles. The first-order chi connectivity index (χ1) is 11.8. The molecule has 0 saturated heterocycles. The van der Waals surface area contributed by atoms with Gasteiger partial charge in [-0.1, -0.05) is 23.9 Å². The van der Waals surface area contributed by atoms with Gasteiger partial charge in [-0.05, 0) is 37.6 Å². The second kappa shape index (κ2) is 6.91. The van der Waals surface area contributed by atoms with Crippen molar-refractivity contribution in [3.63, 3.8) is 0 Å². The Balaban J connectivity index is 1.68. The number of aromatic nitrogens is 4. The zero-order chi connectivity index (χ0) is 18.0. The van der Waals surface area contributed by atoms with Crippen molar-refractivity contribution in [2.45, 2.75) is 30.9 Å². The molecule has 0 unspecified atom stereocenters. The van der Waals surface area contributed by atoms with Crippen LogP contribution in [0.15, 0.2) is 35.5 Å². The van der Waals surface area contributed by atoms with Crippen LogP contribution >= 0.6 is 11.8 Å². The maximum absolute atomic E-state index is 12.2. The Morgan fingerprint density at radius 1 is 1.16 bits per heavy atom. The minimum absolute atomic E-state index is 0.187. The van der Waals surface area contributed by atoms with Crippen molar-refractivity contribution in [3.05, 3.63) is 47.3 Å². The summed E-state index contributed by atoms with van der Waals surface area (Å²) in [5.74, 6) is 1.23. The summed E-state index contributed by atoms with van der Waals surface area (Å²) in [5.41, 5.74) is 2.62. The van der Waals surface area contributed by atoms with E-state index in [-0.39, 0.29) is 5.75 Å². The average Bonchev–Trinajstić information content (AvgIpc) is 2.94. The van der Waals surface area contributed by atoms with Crippen LogP contribution in [0.4, 0.5) is 13.2 Å². The molecule has 0 amide bonds. The van der Waals surface area contributed by atoms with E-state index in [1.807, 2.05) is 26.0 Å². The maximum atomic E-state index is 12.2. The maximum Gasteiger partial charge on any atom is 0.422 e. The smallest absolute Gasteiger partial charge is 0.422 e. The number of ether oxygens (including phenoxy) is 1. The monoisotopic (exact) mass is 368 g/mol. The molecule has 3 rings (SSSR count). The van der Waals surface area contributed by atoms with Crippen molar-refractivity contribution in [2.24, 2.45) is 0 Å². The van der Waals surface area contributed by atoms with E-state index in [4.69, 9.17) is 4.74 Å². The molecule has 0 atom stereocenters. The minimum atomic E-state index is -4.35. The van der Waals surface area contributed by atoms with E-state index in [1.165, 1.54) is 17.8 Å². The molecule has 0 aliphatic rings. The molecule has 3 aromatic rings. The lowest BCUT2D eigenvalue weighted by Crippen LogP contribution is -2.19. The molecular weight excluding hydrogens is 353 g/mol. The summed E-state index contributed by atoms with van der Waals surface area (Å²) in [6.07, 6.45) is -4.35. The van der Waals surface area contributed by atoms with Crippen LogP contribution in [0.5, 0.6) is 5.75 Å². The predicted molar refractivity (Wildman–Crippen MR) is 87.8 cm³/mol. The number of rotatable bonds is 5. The van der Waals surface area contributed by atoms with Gasteiger partial charge in [-0.15, -0.1) is 5.10 Å². The Morgan fingerprint density at radius 3 is 2.72 bits per heavy atom. The molecule has 0 N–H and O–H groups in total. The van der Waals surface area contributed by atoms with Gasteiger partial charge < -0.3 is 4.74 Å². The molecule has 1 aromatic carbocycles. The van der Waals surface area contributed by atoms with Crippen LogP contribution < -0.4 is 4.74 Å². The number of hydrogen-bond acceptors (Lipinski definition) is 5. The summed E-state index contributed by atoms with van der Waals surface area (Å²) < 4.78 is 43.1. The number of benzene rings is 1. The van der Waals surface area contributed by atoms with Gasteiger partial charge in [-0.25, -0.2) is 9.50 Å². The fourth-order valence-corrected chi connectivity index (χ4v) is 3.01. The number of hydrogen-bond donors (Lipinski definition) is 0. The van der Waals surface area contributed by atoms with Gasteiger partial charge in [0.25, 0.3) is 5.78 Å². The third-order valence-electron chi connectivity index (χ3n) is 3.27. The van der Waals surface area contributed by atoms with E-state index in [2.05, 4.69) is 15.1 Å². The zero-order valence-corrected chi connectivity index (χ0v) is 14.4. The fourth-order valence-electron chi connectivity index (χ4n) is 2.25. The molecule has 0 aliphatic heterocycles. The van der Waals surface area contributed by atoms with E-state index >= 15 is 0 Å². The molecule has 0 bridgehead atoms. The number of aryl methyl sites for hydroxylation is 2. The highest BCUT2D eigenvalue weighted by atomic mass is 32.2. The van der Waals surface area contributed by atoms with Crippen molar-refractivity contribution < 1.29 is 17.9 Å². The number of fused-ring (bicyclic) bond motifs is 1. The van der Waals surface area contributed by atoms with E-state index in [1.54, 1.807) is 16.6 Å². The van der Waals surface area contributed by atoms with Gasteiger partial charge in [0.05, 0.1) is 0 Å². The van der Waals surface area contributed by atoms with Crippen molar-refractivity contribution in [1.29, 1.82) is 0 Å². The number of alkyl halides is 3. The third-order valence-corrected chi connectivity index (χ3v) is 4.18. The lowest BCUT2D eigenvalue weighted by molar-refractivity contribution is -0.153. The number of nitrogens with zero attached hydrogens (tertiary/aromatic N) is 4. The average molecular weight is 368 g/mol. The van der Waals surface area contributed by atoms with Crippen LogP contribution in [0.1, 0.15) is 17.0 Å². The molecular formula is C16H15F3N4OS. The zero-order valence-electron chi connectivity index (χ0n) is 13.5. The second-order valence-electron chi connectivity index (χ2n) is 5.49. The van der Waals surface area contributed by atoms with Crippen LogP contribution in [0.3, 0.4) is 0 Å². The van der Waals surface area contributed by atoms with Crippen molar-refractivity contribution in [1.82, 2.24) is 19.6 Å². The summed E-state index contributed by atoms with van der Waals surface area (Å²) in [6.45, 7) is 2.51. The number of halogens is 3. The molecule has 9 heteroatoms. The van der Waals surface area contributed by atoms with Gasteiger partial charge in [0.15, 0.2) is 6.61 Å². The molecule has 0 spiro atoms. The van der Waals surface area contributed by atoms with Gasteiger partial charge in [0, 0.05) is 17.1 Å². The third kappa shape index (κ3) is 4.62. The van der Waals surface area contributed by atoms with Gasteiger partial charge in [0.2, 0.25) is 5.16 Å². The topological polar surface area (TPSA) is 52.3 Å². The van der Waals surface area contributed by atoms with Crippen LogP contribution in [-0.2, 0) is 5.75 Å². The van der Waals surface area contributed by atoms with E-state index in [0.717, 1.165) is 17.0 Å². The normalized spacial score (nSPS) is 11.9. The Labute approximate surface area is 146 Å². The first-order valence-electron chi connectivity index (χ1n) is 7.42. The molecule has 25 heavy (non-hydrogen) atoms. The first-order valence-corrected chi connectivity index (χ1v) is 8.41. The Bertz CT molecular complexity index is 895. The molecule has 0 aliphatic carbocycles. The van der Waals surface area contributed by atoms with E-state index in [0.29, 0.717) is 16.7 Å². The lowest BCUT2D eigenvalue weighted by atomic mass is 10.2. The standard InChI is InChI=1S/C16H15F3N4OS/c1-10-6-11(2)23-14(20-10)21-15(22-23)25-8-12-4-3-5-13(7-12)24-9-16(17,18)19/h3-7H,8-9H2,1-2H3. The van der Waals surface area contributed by atoms with Crippen LogP contribution in [0.25, 0.3) is 5.78 Å². The summed E-state index contributed by atoms with van der Waals surface area (Å²) in [6, 6.07) is 8.48. The second-order valence-corrected chi connectivity index (χ2v) is 6.43.